The molecule has 1 aromatic heterocycles. The van der Waals surface area contributed by atoms with Crippen molar-refractivity contribution in [2.75, 3.05) is 19.8 Å². The molecule has 2 heterocycles. The van der Waals surface area contributed by atoms with Crippen LogP contribution in [0.25, 0.3) is 11.0 Å². The second-order valence-electron chi connectivity index (χ2n) is 6.26. The highest BCUT2D eigenvalue weighted by Gasteiger charge is 2.21. The van der Waals surface area contributed by atoms with Crippen molar-refractivity contribution in [2.24, 2.45) is 0 Å². The van der Waals surface area contributed by atoms with E-state index in [0.29, 0.717) is 29.4 Å². The van der Waals surface area contributed by atoms with E-state index >= 15 is 0 Å². The first-order valence-electron chi connectivity index (χ1n) is 8.83. The molecule has 1 aliphatic heterocycles. The second kappa shape index (κ2) is 7.99. The maximum atomic E-state index is 12.0. The molecule has 28 heavy (non-hydrogen) atoms. The van der Waals surface area contributed by atoms with Gasteiger partial charge in [0.05, 0.1) is 13.0 Å². The Balaban J connectivity index is 1.21. The highest BCUT2D eigenvalue weighted by molar-refractivity contribution is 5.85. The van der Waals surface area contributed by atoms with Gasteiger partial charge >= 0.3 is 5.97 Å². The van der Waals surface area contributed by atoms with Crippen LogP contribution in [0.2, 0.25) is 0 Å². The standard InChI is InChI=1S/C20H18N2O6/c23-19(21-10-13-11-25-17-7-3-4-8-18(17)27-13)12-26-20(24)9-15-14-5-1-2-6-16(14)28-22-15/h1-8,13H,9-12H2,(H,21,23)/t13-/m0/s1. The summed E-state index contributed by atoms with van der Waals surface area (Å²) in [5.41, 5.74) is 1.08. The van der Waals surface area contributed by atoms with Crippen molar-refractivity contribution in [3.63, 3.8) is 0 Å². The van der Waals surface area contributed by atoms with Crippen LogP contribution in [0.4, 0.5) is 0 Å². The van der Waals surface area contributed by atoms with Crippen LogP contribution in [0.3, 0.4) is 0 Å². The van der Waals surface area contributed by atoms with E-state index in [1.807, 2.05) is 36.4 Å². The molecule has 1 atom stereocenters. The van der Waals surface area contributed by atoms with Crippen LogP contribution in [0.15, 0.2) is 53.1 Å². The van der Waals surface area contributed by atoms with Gasteiger partial charge in [-0.1, -0.05) is 29.4 Å². The zero-order valence-electron chi connectivity index (χ0n) is 14.9. The van der Waals surface area contributed by atoms with Gasteiger partial charge in [0, 0.05) is 5.39 Å². The molecule has 0 aliphatic carbocycles. The molecule has 0 fully saturated rings. The first-order chi connectivity index (χ1) is 13.7. The van der Waals surface area contributed by atoms with E-state index in [0.717, 1.165) is 5.39 Å². The fraction of sp³-hybridized carbons (Fsp3) is 0.250. The van der Waals surface area contributed by atoms with Gasteiger partial charge in [-0.3, -0.25) is 9.59 Å². The number of nitrogens with one attached hydrogen (secondary N) is 1. The number of nitrogens with zero attached hydrogens (tertiary/aromatic N) is 1. The summed E-state index contributed by atoms with van der Waals surface area (Å²) >= 11 is 0. The van der Waals surface area contributed by atoms with E-state index in [9.17, 15) is 9.59 Å². The molecule has 1 aliphatic rings. The van der Waals surface area contributed by atoms with E-state index < -0.39 is 11.9 Å². The molecular formula is C20H18N2O6. The third-order valence-electron chi connectivity index (χ3n) is 4.22. The predicted octanol–water partition coefficient (Wildman–Crippen LogP) is 1.87. The van der Waals surface area contributed by atoms with Crippen molar-refractivity contribution in [2.45, 2.75) is 12.5 Å². The van der Waals surface area contributed by atoms with Crippen LogP contribution in [0.1, 0.15) is 5.69 Å². The molecule has 1 amide bonds. The molecule has 0 spiro atoms. The minimum absolute atomic E-state index is 0.0688. The summed E-state index contributed by atoms with van der Waals surface area (Å²) in [6.45, 7) is 0.202. The van der Waals surface area contributed by atoms with Gasteiger partial charge in [-0.15, -0.1) is 0 Å². The second-order valence-corrected chi connectivity index (χ2v) is 6.26. The molecule has 8 nitrogen and oxygen atoms in total. The third kappa shape index (κ3) is 4.06. The largest absolute Gasteiger partial charge is 0.486 e. The monoisotopic (exact) mass is 382 g/mol. The first-order valence-corrected chi connectivity index (χ1v) is 8.83. The van der Waals surface area contributed by atoms with Crippen molar-refractivity contribution in [1.82, 2.24) is 10.5 Å². The smallest absolute Gasteiger partial charge is 0.312 e. The van der Waals surface area contributed by atoms with Gasteiger partial charge in [0.1, 0.15) is 18.4 Å². The number of ether oxygens (including phenoxy) is 3. The Bertz CT molecular complexity index is 999. The van der Waals surface area contributed by atoms with E-state index in [1.165, 1.54) is 0 Å². The zero-order chi connectivity index (χ0) is 19.3. The van der Waals surface area contributed by atoms with Crippen molar-refractivity contribution >= 4 is 22.8 Å². The summed E-state index contributed by atoms with van der Waals surface area (Å²) in [5.74, 6) is 0.347. The summed E-state index contributed by atoms with van der Waals surface area (Å²) in [6.07, 6.45) is -0.378. The fourth-order valence-electron chi connectivity index (χ4n) is 2.84. The molecule has 0 saturated heterocycles. The summed E-state index contributed by atoms with van der Waals surface area (Å²) < 4.78 is 21.5. The Hall–Kier alpha value is -3.55. The van der Waals surface area contributed by atoms with Crippen LogP contribution in [0, 0.1) is 0 Å². The number of rotatable bonds is 6. The molecular weight excluding hydrogens is 364 g/mol. The van der Waals surface area contributed by atoms with Crippen molar-refractivity contribution in [3.05, 3.63) is 54.2 Å². The lowest BCUT2D eigenvalue weighted by atomic mass is 10.2. The molecule has 4 rings (SSSR count). The van der Waals surface area contributed by atoms with Gasteiger partial charge in [-0.2, -0.15) is 0 Å². The number of aromatic nitrogens is 1. The Kier molecular flexibility index (Phi) is 5.09. The highest BCUT2D eigenvalue weighted by atomic mass is 16.6. The number of hydrogen-bond acceptors (Lipinski definition) is 7. The fourth-order valence-corrected chi connectivity index (χ4v) is 2.84. The molecule has 0 saturated carbocycles. The third-order valence-corrected chi connectivity index (χ3v) is 4.22. The number of amides is 1. The van der Waals surface area contributed by atoms with Gasteiger partial charge in [-0.05, 0) is 24.3 Å². The first kappa shape index (κ1) is 17.8. The van der Waals surface area contributed by atoms with Crippen molar-refractivity contribution < 1.29 is 28.3 Å². The van der Waals surface area contributed by atoms with Crippen LogP contribution in [0.5, 0.6) is 11.5 Å². The van der Waals surface area contributed by atoms with Crippen molar-refractivity contribution in [1.29, 1.82) is 0 Å². The Morgan fingerprint density at radius 2 is 1.89 bits per heavy atom. The maximum absolute atomic E-state index is 12.0. The highest BCUT2D eigenvalue weighted by Crippen LogP contribution is 2.30. The Morgan fingerprint density at radius 3 is 2.79 bits per heavy atom. The van der Waals surface area contributed by atoms with Gasteiger partial charge in [0.2, 0.25) is 0 Å². The summed E-state index contributed by atoms with van der Waals surface area (Å²) in [4.78, 5) is 23.9. The van der Waals surface area contributed by atoms with E-state index in [-0.39, 0.29) is 25.7 Å². The molecule has 8 heteroatoms. The SMILES string of the molecule is O=C(COC(=O)Cc1noc2ccccc12)NC[C@H]1COc2ccccc2O1. The van der Waals surface area contributed by atoms with E-state index in [4.69, 9.17) is 18.7 Å². The average molecular weight is 382 g/mol. The number of carbonyl (C=O) groups is 2. The lowest BCUT2D eigenvalue weighted by Crippen LogP contribution is -2.42. The molecule has 3 aromatic rings. The van der Waals surface area contributed by atoms with Gasteiger partial charge in [-0.25, -0.2) is 0 Å². The molecule has 0 radical (unpaired) electrons. The Labute approximate surface area is 160 Å². The number of para-hydroxylation sites is 3. The van der Waals surface area contributed by atoms with E-state index in [1.54, 1.807) is 12.1 Å². The maximum Gasteiger partial charge on any atom is 0.312 e. The van der Waals surface area contributed by atoms with Crippen LogP contribution in [-0.4, -0.2) is 42.9 Å². The molecule has 0 bridgehead atoms. The van der Waals surface area contributed by atoms with E-state index in [2.05, 4.69) is 10.5 Å². The van der Waals surface area contributed by atoms with Gasteiger partial charge in [0.25, 0.3) is 5.91 Å². The number of fused-ring (bicyclic) bond motifs is 2. The van der Waals surface area contributed by atoms with Crippen LogP contribution >= 0.6 is 0 Å². The summed E-state index contributed by atoms with van der Waals surface area (Å²) in [5, 5.41) is 7.29. The summed E-state index contributed by atoms with van der Waals surface area (Å²) in [7, 11) is 0. The lowest BCUT2D eigenvalue weighted by Gasteiger charge is -2.26. The zero-order valence-corrected chi connectivity index (χ0v) is 14.9. The van der Waals surface area contributed by atoms with Crippen LogP contribution < -0.4 is 14.8 Å². The van der Waals surface area contributed by atoms with Crippen LogP contribution in [-0.2, 0) is 20.7 Å². The number of esters is 1. The molecule has 144 valence electrons. The molecule has 0 unspecified atom stereocenters. The minimum atomic E-state index is -0.555. The quantitative estimate of drug-likeness (QED) is 0.650. The summed E-state index contributed by atoms with van der Waals surface area (Å²) in [6, 6.07) is 14.6. The van der Waals surface area contributed by atoms with Gasteiger partial charge in [0.15, 0.2) is 23.7 Å². The molecule has 2 aromatic carbocycles. The number of hydrogen-bond donors (Lipinski definition) is 1. The Morgan fingerprint density at radius 1 is 1.11 bits per heavy atom. The number of carbonyl (C=O) groups excluding carboxylic acids is 2. The minimum Gasteiger partial charge on any atom is -0.486 e. The van der Waals surface area contributed by atoms with Crippen molar-refractivity contribution in [3.8, 4) is 11.5 Å². The van der Waals surface area contributed by atoms with Gasteiger partial charge < -0.3 is 24.1 Å². The normalized spacial score (nSPS) is 15.2. The average Bonchev–Trinajstić information content (AvgIpc) is 3.13. The molecule has 1 N–H and O–H groups in total. The lowest BCUT2D eigenvalue weighted by molar-refractivity contribution is -0.148. The predicted molar refractivity (Wildman–Crippen MR) is 98.0 cm³/mol. The topological polar surface area (TPSA) is 99.9 Å². The number of benzene rings is 2.